The molecular weight excluding hydrogens is 437 g/mol. The SMILES string of the molecule is O=C(CCN1C(=O)c2ccccc2C1=O)N1CCC(NS(=O)(=O)c2ccc(F)cc2)CC1. The number of amides is 3. The monoisotopic (exact) mass is 459 g/mol. The van der Waals surface area contributed by atoms with Crippen molar-refractivity contribution in [2.45, 2.75) is 30.2 Å². The van der Waals surface area contributed by atoms with Crippen molar-refractivity contribution in [3.05, 3.63) is 65.5 Å². The Morgan fingerprint density at radius 3 is 2.09 bits per heavy atom. The average molecular weight is 459 g/mol. The molecular formula is C22H22FN3O5S. The highest BCUT2D eigenvalue weighted by molar-refractivity contribution is 7.89. The number of benzene rings is 2. The van der Waals surface area contributed by atoms with Crippen molar-refractivity contribution in [3.63, 3.8) is 0 Å². The third-order valence-electron chi connectivity index (χ3n) is 5.72. The lowest BCUT2D eigenvalue weighted by Gasteiger charge is -2.32. The summed E-state index contributed by atoms with van der Waals surface area (Å²) in [6, 6.07) is 10.8. The van der Waals surface area contributed by atoms with Crippen molar-refractivity contribution in [1.82, 2.24) is 14.5 Å². The smallest absolute Gasteiger partial charge is 0.261 e. The van der Waals surface area contributed by atoms with Crippen molar-refractivity contribution >= 4 is 27.7 Å². The van der Waals surface area contributed by atoms with Crippen LogP contribution >= 0.6 is 0 Å². The van der Waals surface area contributed by atoms with Gasteiger partial charge in [-0.3, -0.25) is 19.3 Å². The van der Waals surface area contributed by atoms with Crippen LogP contribution in [0.2, 0.25) is 0 Å². The zero-order valence-corrected chi connectivity index (χ0v) is 18.0. The molecule has 2 aliphatic heterocycles. The summed E-state index contributed by atoms with van der Waals surface area (Å²) in [5.74, 6) is -1.50. The minimum absolute atomic E-state index is 0.00229. The topological polar surface area (TPSA) is 104 Å². The zero-order chi connectivity index (χ0) is 22.9. The number of imide groups is 1. The summed E-state index contributed by atoms with van der Waals surface area (Å²) in [6.45, 7) is 0.720. The first-order valence-electron chi connectivity index (χ1n) is 10.3. The van der Waals surface area contributed by atoms with Gasteiger partial charge in [-0.05, 0) is 49.2 Å². The molecule has 2 heterocycles. The lowest BCUT2D eigenvalue weighted by molar-refractivity contribution is -0.132. The van der Waals surface area contributed by atoms with Gasteiger partial charge in [-0.2, -0.15) is 0 Å². The number of carbonyl (C=O) groups excluding carboxylic acids is 3. The van der Waals surface area contributed by atoms with E-state index in [9.17, 15) is 27.2 Å². The Kier molecular flexibility index (Phi) is 6.07. The van der Waals surface area contributed by atoms with Crippen molar-refractivity contribution in [3.8, 4) is 0 Å². The van der Waals surface area contributed by atoms with Crippen LogP contribution < -0.4 is 4.72 Å². The summed E-state index contributed by atoms with van der Waals surface area (Å²) in [5, 5.41) is 0. The van der Waals surface area contributed by atoms with Crippen LogP contribution in [0.4, 0.5) is 4.39 Å². The summed E-state index contributed by atoms with van der Waals surface area (Å²) < 4.78 is 40.5. The molecule has 1 N–H and O–H groups in total. The highest BCUT2D eigenvalue weighted by Gasteiger charge is 2.35. The number of nitrogens with zero attached hydrogens (tertiary/aromatic N) is 2. The first-order valence-corrected chi connectivity index (χ1v) is 11.8. The molecule has 0 aliphatic carbocycles. The van der Waals surface area contributed by atoms with Crippen LogP contribution in [0, 0.1) is 5.82 Å². The number of rotatable bonds is 6. The van der Waals surface area contributed by atoms with E-state index in [1.165, 1.54) is 12.1 Å². The molecule has 0 unspecified atom stereocenters. The van der Waals surface area contributed by atoms with E-state index in [-0.39, 0.29) is 29.8 Å². The molecule has 0 atom stereocenters. The molecule has 0 spiro atoms. The maximum absolute atomic E-state index is 13.0. The molecule has 1 saturated heterocycles. The van der Waals surface area contributed by atoms with E-state index in [2.05, 4.69) is 4.72 Å². The van der Waals surface area contributed by atoms with Crippen LogP contribution in [0.15, 0.2) is 53.4 Å². The molecule has 2 aliphatic rings. The van der Waals surface area contributed by atoms with Gasteiger partial charge in [0.15, 0.2) is 0 Å². The lowest BCUT2D eigenvalue weighted by atomic mass is 10.1. The Morgan fingerprint density at radius 2 is 1.53 bits per heavy atom. The highest BCUT2D eigenvalue weighted by Crippen LogP contribution is 2.23. The molecule has 0 aromatic heterocycles. The molecule has 1 fully saturated rings. The summed E-state index contributed by atoms with van der Waals surface area (Å²) in [4.78, 5) is 40.1. The molecule has 2 aromatic carbocycles. The summed E-state index contributed by atoms with van der Waals surface area (Å²) >= 11 is 0. The van der Waals surface area contributed by atoms with Crippen LogP contribution in [0.25, 0.3) is 0 Å². The van der Waals surface area contributed by atoms with Crippen LogP contribution in [0.5, 0.6) is 0 Å². The Hall–Kier alpha value is -3.11. The van der Waals surface area contributed by atoms with Gasteiger partial charge >= 0.3 is 0 Å². The van der Waals surface area contributed by atoms with Crippen LogP contribution in [0.1, 0.15) is 40.0 Å². The van der Waals surface area contributed by atoms with Crippen molar-refractivity contribution in [2.24, 2.45) is 0 Å². The first kappa shape index (κ1) is 22.1. The number of likely N-dealkylation sites (tertiary alicyclic amines) is 1. The van der Waals surface area contributed by atoms with Crippen LogP contribution in [-0.2, 0) is 14.8 Å². The molecule has 8 nitrogen and oxygen atoms in total. The molecule has 32 heavy (non-hydrogen) atoms. The fourth-order valence-corrected chi connectivity index (χ4v) is 5.26. The predicted molar refractivity (Wildman–Crippen MR) is 113 cm³/mol. The van der Waals surface area contributed by atoms with Crippen molar-refractivity contribution in [2.75, 3.05) is 19.6 Å². The Morgan fingerprint density at radius 1 is 0.969 bits per heavy atom. The molecule has 0 bridgehead atoms. The van der Waals surface area contributed by atoms with E-state index in [1.54, 1.807) is 29.2 Å². The minimum atomic E-state index is -3.78. The maximum Gasteiger partial charge on any atom is 0.261 e. The molecule has 2 aromatic rings. The van der Waals surface area contributed by atoms with Gasteiger partial charge in [-0.1, -0.05) is 12.1 Å². The van der Waals surface area contributed by atoms with Gasteiger partial charge in [-0.25, -0.2) is 17.5 Å². The zero-order valence-electron chi connectivity index (χ0n) is 17.2. The van der Waals surface area contributed by atoms with Crippen LogP contribution in [-0.4, -0.2) is 61.6 Å². The van der Waals surface area contributed by atoms with E-state index in [1.807, 2.05) is 0 Å². The third kappa shape index (κ3) is 4.42. The third-order valence-corrected chi connectivity index (χ3v) is 7.26. The second-order valence-corrected chi connectivity index (χ2v) is 9.50. The average Bonchev–Trinajstić information content (AvgIpc) is 3.02. The summed E-state index contributed by atoms with van der Waals surface area (Å²) in [6.07, 6.45) is 0.871. The molecule has 0 radical (unpaired) electrons. The fraction of sp³-hybridized carbons (Fsp3) is 0.318. The van der Waals surface area contributed by atoms with E-state index in [4.69, 9.17) is 0 Å². The normalized spacial score (nSPS) is 17.0. The summed E-state index contributed by atoms with van der Waals surface area (Å²) in [7, 11) is -3.78. The number of carbonyl (C=O) groups is 3. The first-order chi connectivity index (χ1) is 15.3. The molecule has 10 heteroatoms. The fourth-order valence-electron chi connectivity index (χ4n) is 3.96. The van der Waals surface area contributed by atoms with Gasteiger partial charge in [0, 0.05) is 32.1 Å². The number of nitrogens with one attached hydrogen (secondary N) is 1. The summed E-state index contributed by atoms with van der Waals surface area (Å²) in [5.41, 5.74) is 0.693. The standard InChI is InChI=1S/C22H22FN3O5S/c23-15-5-7-17(8-6-15)32(30,31)24-16-9-12-25(13-10-16)20(27)11-14-26-21(28)18-3-1-2-4-19(18)22(26)29/h1-8,16,24H,9-14H2. The minimum Gasteiger partial charge on any atom is -0.343 e. The number of sulfonamides is 1. The van der Waals surface area contributed by atoms with Gasteiger partial charge < -0.3 is 4.90 Å². The second kappa shape index (κ2) is 8.79. The van der Waals surface area contributed by atoms with E-state index < -0.39 is 27.7 Å². The van der Waals surface area contributed by atoms with Gasteiger partial charge in [0.05, 0.1) is 16.0 Å². The van der Waals surface area contributed by atoms with Gasteiger partial charge in [-0.15, -0.1) is 0 Å². The number of halogens is 1. The molecule has 3 amide bonds. The van der Waals surface area contributed by atoms with Crippen LogP contribution in [0.3, 0.4) is 0 Å². The molecule has 168 valence electrons. The Bertz CT molecular complexity index is 1120. The lowest BCUT2D eigenvalue weighted by Crippen LogP contribution is -2.47. The number of hydrogen-bond donors (Lipinski definition) is 1. The van der Waals surface area contributed by atoms with E-state index >= 15 is 0 Å². The number of fused-ring (bicyclic) bond motifs is 1. The quantitative estimate of drug-likeness (QED) is 0.664. The number of piperidine rings is 1. The number of hydrogen-bond acceptors (Lipinski definition) is 5. The predicted octanol–water partition coefficient (Wildman–Crippen LogP) is 1.78. The second-order valence-electron chi connectivity index (χ2n) is 7.79. The van der Waals surface area contributed by atoms with Crippen molar-refractivity contribution in [1.29, 1.82) is 0 Å². The van der Waals surface area contributed by atoms with Crippen molar-refractivity contribution < 1.29 is 27.2 Å². The van der Waals surface area contributed by atoms with E-state index in [0.29, 0.717) is 37.1 Å². The van der Waals surface area contributed by atoms with E-state index in [0.717, 1.165) is 17.0 Å². The Labute approximate surface area is 185 Å². The Balaban J connectivity index is 1.27. The highest BCUT2D eigenvalue weighted by atomic mass is 32.2. The largest absolute Gasteiger partial charge is 0.343 e. The van der Waals surface area contributed by atoms with Gasteiger partial charge in [0.1, 0.15) is 5.82 Å². The molecule has 4 rings (SSSR count). The molecule has 0 saturated carbocycles. The van der Waals surface area contributed by atoms with Gasteiger partial charge in [0.2, 0.25) is 15.9 Å². The maximum atomic E-state index is 13.0. The van der Waals surface area contributed by atoms with Gasteiger partial charge in [0.25, 0.3) is 11.8 Å².